The summed E-state index contributed by atoms with van der Waals surface area (Å²) < 4.78 is 5.15. The lowest BCUT2D eigenvalue weighted by Crippen LogP contribution is -2.32. The first-order chi connectivity index (χ1) is 9.89. The van der Waals surface area contributed by atoms with Crippen LogP contribution >= 0.6 is 0 Å². The van der Waals surface area contributed by atoms with Gasteiger partial charge in [0, 0.05) is 12.0 Å². The molecule has 1 aromatic rings. The summed E-state index contributed by atoms with van der Waals surface area (Å²) in [5.41, 5.74) is 6.68. The highest BCUT2D eigenvalue weighted by Gasteiger charge is 2.23. The van der Waals surface area contributed by atoms with Crippen LogP contribution in [0.25, 0.3) is 0 Å². The predicted molar refractivity (Wildman–Crippen MR) is 85.8 cm³/mol. The molecular formula is C16H27N3O2. The quantitative estimate of drug-likeness (QED) is 0.334. The Morgan fingerprint density at radius 3 is 2.48 bits per heavy atom. The van der Waals surface area contributed by atoms with Gasteiger partial charge in [-0.1, -0.05) is 31.1 Å². The highest BCUT2D eigenvalue weighted by atomic mass is 16.5. The molecule has 5 nitrogen and oxygen atoms in total. The topological polar surface area (TPSA) is 71.1 Å². The SMILES string of the molecule is COc1ccc(CN(C)CCCC(C)(C)C(N)=NO)cc1. The summed E-state index contributed by atoms with van der Waals surface area (Å²) >= 11 is 0. The van der Waals surface area contributed by atoms with Crippen LogP contribution in [0, 0.1) is 5.41 Å². The van der Waals surface area contributed by atoms with Gasteiger partial charge in [-0.15, -0.1) is 0 Å². The van der Waals surface area contributed by atoms with E-state index in [9.17, 15) is 0 Å². The molecular weight excluding hydrogens is 266 g/mol. The van der Waals surface area contributed by atoms with Crippen molar-refractivity contribution in [2.45, 2.75) is 33.2 Å². The molecule has 0 spiro atoms. The second-order valence-electron chi connectivity index (χ2n) is 6.06. The normalized spacial score (nSPS) is 12.7. The molecule has 0 aliphatic rings. The van der Waals surface area contributed by atoms with E-state index in [0.29, 0.717) is 5.84 Å². The lowest BCUT2D eigenvalue weighted by atomic mass is 9.86. The monoisotopic (exact) mass is 293 g/mol. The van der Waals surface area contributed by atoms with Gasteiger partial charge in [-0.05, 0) is 44.1 Å². The van der Waals surface area contributed by atoms with Gasteiger partial charge in [-0.2, -0.15) is 0 Å². The second-order valence-corrected chi connectivity index (χ2v) is 6.06. The molecule has 0 heterocycles. The zero-order valence-electron chi connectivity index (χ0n) is 13.5. The van der Waals surface area contributed by atoms with Crippen molar-refractivity contribution >= 4 is 5.84 Å². The third-order valence-corrected chi connectivity index (χ3v) is 3.75. The molecule has 1 aromatic carbocycles. The third kappa shape index (κ3) is 5.63. The fourth-order valence-electron chi connectivity index (χ4n) is 2.18. The van der Waals surface area contributed by atoms with Crippen LogP contribution in [-0.4, -0.2) is 36.6 Å². The molecule has 0 saturated carbocycles. The Bertz CT molecular complexity index is 455. The van der Waals surface area contributed by atoms with Gasteiger partial charge in [0.2, 0.25) is 0 Å². The fourth-order valence-corrected chi connectivity index (χ4v) is 2.18. The minimum absolute atomic E-state index is 0.268. The van der Waals surface area contributed by atoms with Gasteiger partial charge in [0.15, 0.2) is 0 Å². The van der Waals surface area contributed by atoms with Crippen molar-refractivity contribution < 1.29 is 9.94 Å². The molecule has 0 amide bonds. The van der Waals surface area contributed by atoms with E-state index in [-0.39, 0.29) is 5.41 Å². The molecule has 5 heteroatoms. The van der Waals surface area contributed by atoms with Gasteiger partial charge >= 0.3 is 0 Å². The van der Waals surface area contributed by atoms with E-state index < -0.39 is 0 Å². The van der Waals surface area contributed by atoms with E-state index in [1.807, 2.05) is 26.0 Å². The molecule has 0 fully saturated rings. The van der Waals surface area contributed by atoms with Crippen LogP contribution in [0.2, 0.25) is 0 Å². The van der Waals surface area contributed by atoms with Crippen molar-refractivity contribution in [2.75, 3.05) is 20.7 Å². The number of oxime groups is 1. The Morgan fingerprint density at radius 2 is 1.95 bits per heavy atom. The second kappa shape index (κ2) is 7.88. The van der Waals surface area contributed by atoms with Crippen LogP contribution in [-0.2, 0) is 6.54 Å². The molecule has 3 N–H and O–H groups in total. The molecule has 0 aliphatic heterocycles. The van der Waals surface area contributed by atoms with Crippen LogP contribution < -0.4 is 10.5 Å². The number of nitrogens with two attached hydrogens (primary N) is 1. The molecule has 0 radical (unpaired) electrons. The van der Waals surface area contributed by atoms with Gasteiger partial charge in [-0.3, -0.25) is 0 Å². The molecule has 21 heavy (non-hydrogen) atoms. The first kappa shape index (κ1) is 17.3. The molecule has 0 bridgehead atoms. The van der Waals surface area contributed by atoms with Gasteiger partial charge in [-0.25, -0.2) is 0 Å². The van der Waals surface area contributed by atoms with Crippen molar-refractivity contribution in [1.82, 2.24) is 4.90 Å². The van der Waals surface area contributed by atoms with Gasteiger partial charge in [0.05, 0.1) is 7.11 Å². The number of methoxy groups -OCH3 is 1. The maximum Gasteiger partial charge on any atom is 0.144 e. The number of ether oxygens (including phenoxy) is 1. The Labute approximate surface area is 127 Å². The zero-order chi connectivity index (χ0) is 15.9. The zero-order valence-corrected chi connectivity index (χ0v) is 13.5. The number of amidine groups is 1. The summed E-state index contributed by atoms with van der Waals surface area (Å²) in [5, 5.41) is 11.9. The molecule has 0 saturated heterocycles. The number of nitrogens with zero attached hydrogens (tertiary/aromatic N) is 2. The highest BCUT2D eigenvalue weighted by molar-refractivity contribution is 5.85. The molecule has 0 aliphatic carbocycles. The van der Waals surface area contributed by atoms with E-state index >= 15 is 0 Å². The highest BCUT2D eigenvalue weighted by Crippen LogP contribution is 2.22. The minimum atomic E-state index is -0.268. The fraction of sp³-hybridized carbons (Fsp3) is 0.562. The lowest BCUT2D eigenvalue weighted by molar-refractivity contribution is 0.287. The largest absolute Gasteiger partial charge is 0.497 e. The van der Waals surface area contributed by atoms with Crippen molar-refractivity contribution in [3.8, 4) is 5.75 Å². The first-order valence-corrected chi connectivity index (χ1v) is 7.18. The maximum atomic E-state index is 8.76. The summed E-state index contributed by atoms with van der Waals surface area (Å²) in [6.07, 6.45) is 1.88. The smallest absolute Gasteiger partial charge is 0.144 e. The summed E-state index contributed by atoms with van der Waals surface area (Å²) in [7, 11) is 3.77. The van der Waals surface area contributed by atoms with E-state index in [2.05, 4.69) is 29.2 Å². The summed E-state index contributed by atoms with van der Waals surface area (Å²) in [5.74, 6) is 1.17. The van der Waals surface area contributed by atoms with Gasteiger partial charge in [0.25, 0.3) is 0 Å². The van der Waals surface area contributed by atoms with E-state index in [1.165, 1.54) is 5.56 Å². The molecule has 1 rings (SSSR count). The van der Waals surface area contributed by atoms with Crippen molar-refractivity contribution in [2.24, 2.45) is 16.3 Å². The third-order valence-electron chi connectivity index (χ3n) is 3.75. The van der Waals surface area contributed by atoms with Crippen molar-refractivity contribution in [1.29, 1.82) is 0 Å². The summed E-state index contributed by atoms with van der Waals surface area (Å²) in [6.45, 7) is 5.85. The van der Waals surface area contributed by atoms with Gasteiger partial charge in [0.1, 0.15) is 11.6 Å². The van der Waals surface area contributed by atoms with E-state index in [1.54, 1.807) is 7.11 Å². The number of rotatable bonds is 8. The number of hydrogen-bond acceptors (Lipinski definition) is 4. The van der Waals surface area contributed by atoms with E-state index in [0.717, 1.165) is 31.7 Å². The van der Waals surface area contributed by atoms with Crippen molar-refractivity contribution in [3.05, 3.63) is 29.8 Å². The van der Waals surface area contributed by atoms with Gasteiger partial charge < -0.3 is 20.6 Å². The van der Waals surface area contributed by atoms with Crippen LogP contribution in [0.15, 0.2) is 29.4 Å². The lowest BCUT2D eigenvalue weighted by Gasteiger charge is -2.24. The van der Waals surface area contributed by atoms with Crippen LogP contribution in [0.3, 0.4) is 0 Å². The van der Waals surface area contributed by atoms with Crippen LogP contribution in [0.4, 0.5) is 0 Å². The van der Waals surface area contributed by atoms with E-state index in [4.69, 9.17) is 15.7 Å². The Morgan fingerprint density at radius 1 is 1.33 bits per heavy atom. The number of benzene rings is 1. The molecule has 0 unspecified atom stereocenters. The standard InChI is InChI=1S/C16H27N3O2/c1-16(2,15(17)18-20)10-5-11-19(3)12-13-6-8-14(21-4)9-7-13/h6-9,20H,5,10-12H2,1-4H3,(H2,17,18). The molecule has 118 valence electrons. The van der Waals surface area contributed by atoms with Crippen LogP contribution in [0.5, 0.6) is 5.75 Å². The Hall–Kier alpha value is -1.75. The predicted octanol–water partition coefficient (Wildman–Crippen LogP) is 2.68. The molecule has 0 atom stereocenters. The van der Waals surface area contributed by atoms with Crippen molar-refractivity contribution in [3.63, 3.8) is 0 Å². The number of hydrogen-bond donors (Lipinski definition) is 2. The summed E-state index contributed by atoms with van der Waals surface area (Å²) in [6, 6.07) is 8.11. The Balaban J connectivity index is 2.38. The minimum Gasteiger partial charge on any atom is -0.497 e. The average Bonchev–Trinajstić information content (AvgIpc) is 2.46. The van der Waals surface area contributed by atoms with Crippen LogP contribution in [0.1, 0.15) is 32.3 Å². The average molecular weight is 293 g/mol. The summed E-state index contributed by atoms with van der Waals surface area (Å²) in [4.78, 5) is 2.27. The molecule has 0 aromatic heterocycles. The first-order valence-electron chi connectivity index (χ1n) is 7.18. The Kier molecular flexibility index (Phi) is 6.49. The maximum absolute atomic E-state index is 8.76.